The zero-order valence-electron chi connectivity index (χ0n) is 15.8. The molecule has 0 fully saturated rings. The van der Waals surface area contributed by atoms with Gasteiger partial charge in [0.1, 0.15) is 5.01 Å². The Morgan fingerprint density at radius 1 is 1.18 bits per heavy atom. The zero-order valence-corrected chi connectivity index (χ0v) is 17.4. The number of benzene rings is 1. The first kappa shape index (κ1) is 20.1. The van der Waals surface area contributed by atoms with E-state index in [4.69, 9.17) is 9.47 Å². The number of anilines is 1. The van der Waals surface area contributed by atoms with E-state index in [2.05, 4.69) is 20.5 Å². The average Bonchev–Trinajstić information content (AvgIpc) is 3.12. The van der Waals surface area contributed by atoms with Crippen molar-refractivity contribution in [1.29, 1.82) is 0 Å². The minimum absolute atomic E-state index is 0.129. The lowest BCUT2D eigenvalue weighted by atomic mass is 10.2. The van der Waals surface area contributed by atoms with Crippen molar-refractivity contribution in [2.24, 2.45) is 0 Å². The van der Waals surface area contributed by atoms with Gasteiger partial charge in [0.15, 0.2) is 22.4 Å². The summed E-state index contributed by atoms with van der Waals surface area (Å²) in [5.41, 5.74) is 2.66. The van der Waals surface area contributed by atoms with E-state index in [1.54, 1.807) is 24.0 Å². The first-order chi connectivity index (χ1) is 13.5. The van der Waals surface area contributed by atoms with Gasteiger partial charge < -0.3 is 14.8 Å². The van der Waals surface area contributed by atoms with Crippen molar-refractivity contribution in [3.05, 3.63) is 52.8 Å². The normalized spacial score (nSPS) is 10.5. The van der Waals surface area contributed by atoms with Crippen LogP contribution < -0.4 is 14.8 Å². The van der Waals surface area contributed by atoms with E-state index in [9.17, 15) is 4.79 Å². The number of nitrogens with one attached hydrogen (secondary N) is 1. The second-order valence-corrected chi connectivity index (χ2v) is 8.31. The van der Waals surface area contributed by atoms with E-state index in [1.165, 1.54) is 18.4 Å². The van der Waals surface area contributed by atoms with E-state index >= 15 is 0 Å². The van der Waals surface area contributed by atoms with Gasteiger partial charge in [0.05, 0.1) is 19.0 Å². The van der Waals surface area contributed by atoms with Gasteiger partial charge in [-0.1, -0.05) is 40.8 Å². The van der Waals surface area contributed by atoms with E-state index in [1.807, 2.05) is 38.1 Å². The molecule has 2 heterocycles. The van der Waals surface area contributed by atoms with E-state index < -0.39 is 0 Å². The molecule has 7 nitrogen and oxygen atoms in total. The minimum Gasteiger partial charge on any atom is -0.491 e. The van der Waals surface area contributed by atoms with Crippen molar-refractivity contribution in [3.63, 3.8) is 0 Å². The smallest absolute Gasteiger partial charge is 0.262 e. The third-order valence-corrected chi connectivity index (χ3v) is 5.66. The molecule has 146 valence electrons. The number of aryl methyl sites for hydroxylation is 2. The van der Waals surface area contributed by atoms with Gasteiger partial charge in [-0.05, 0) is 26.0 Å². The fourth-order valence-corrected chi connectivity index (χ4v) is 3.98. The maximum Gasteiger partial charge on any atom is 0.262 e. The molecule has 0 atom stereocenters. The largest absolute Gasteiger partial charge is 0.491 e. The predicted molar refractivity (Wildman–Crippen MR) is 110 cm³/mol. The Balaban J connectivity index is 1.59. The predicted octanol–water partition coefficient (Wildman–Crippen LogP) is 3.87. The van der Waals surface area contributed by atoms with Crippen LogP contribution in [0.4, 0.5) is 5.69 Å². The topological polar surface area (TPSA) is 86.2 Å². The van der Waals surface area contributed by atoms with Gasteiger partial charge in [0, 0.05) is 17.5 Å². The fourth-order valence-electron chi connectivity index (χ4n) is 2.26. The van der Waals surface area contributed by atoms with Crippen LogP contribution in [0.25, 0.3) is 0 Å². The second-order valence-electron chi connectivity index (χ2n) is 5.91. The van der Waals surface area contributed by atoms with E-state index in [0.29, 0.717) is 17.3 Å². The lowest BCUT2D eigenvalue weighted by Crippen LogP contribution is -2.20. The van der Waals surface area contributed by atoms with Crippen LogP contribution in [0.2, 0.25) is 0 Å². The number of carbonyl (C=O) groups is 1. The molecule has 1 amide bonds. The molecule has 0 saturated carbocycles. The summed E-state index contributed by atoms with van der Waals surface area (Å²) in [6.07, 6.45) is 1.59. The maximum absolute atomic E-state index is 12.2. The Morgan fingerprint density at radius 2 is 1.96 bits per heavy atom. The standard InChI is InChI=1S/C19H20N4O3S2/c1-12-4-6-14(7-5-12)21-18(24)10-26-16-8-15(20-9-17(16)25-3)11-27-19-23-22-13(2)28-19/h4-9H,10-11H2,1-3H3,(H,21,24). The van der Waals surface area contributed by atoms with E-state index in [0.717, 1.165) is 26.3 Å². The number of amides is 1. The molecule has 1 N–H and O–H groups in total. The van der Waals surface area contributed by atoms with Gasteiger partial charge in [-0.15, -0.1) is 10.2 Å². The monoisotopic (exact) mass is 416 g/mol. The van der Waals surface area contributed by atoms with Gasteiger partial charge in [-0.2, -0.15) is 0 Å². The molecule has 0 aliphatic heterocycles. The Labute approximate surface area is 171 Å². The van der Waals surface area contributed by atoms with Crippen LogP contribution in [-0.4, -0.2) is 34.8 Å². The number of hydrogen-bond donors (Lipinski definition) is 1. The molecule has 1 aromatic carbocycles. The summed E-state index contributed by atoms with van der Waals surface area (Å²) in [6.45, 7) is 3.78. The molecule has 0 unspecified atom stereocenters. The first-order valence-electron chi connectivity index (χ1n) is 8.48. The van der Waals surface area contributed by atoms with Crippen LogP contribution in [0.15, 0.2) is 40.9 Å². The minimum atomic E-state index is -0.247. The number of nitrogens with zero attached hydrogens (tertiary/aromatic N) is 3. The summed E-state index contributed by atoms with van der Waals surface area (Å²) in [6, 6.07) is 9.35. The Hall–Kier alpha value is -2.65. The van der Waals surface area contributed by atoms with Gasteiger partial charge in [0.2, 0.25) is 0 Å². The van der Waals surface area contributed by atoms with Crippen molar-refractivity contribution in [2.75, 3.05) is 19.0 Å². The highest BCUT2D eigenvalue weighted by molar-refractivity contribution is 8.00. The quantitative estimate of drug-likeness (QED) is 0.558. The Bertz CT molecular complexity index is 945. The SMILES string of the molecule is COc1cnc(CSc2nnc(C)s2)cc1OCC(=O)Nc1ccc(C)cc1. The highest BCUT2D eigenvalue weighted by atomic mass is 32.2. The average molecular weight is 417 g/mol. The van der Waals surface area contributed by atoms with Gasteiger partial charge in [-0.25, -0.2) is 0 Å². The molecular weight excluding hydrogens is 396 g/mol. The van der Waals surface area contributed by atoms with Crippen LogP contribution in [-0.2, 0) is 10.5 Å². The molecule has 0 saturated heterocycles. The summed E-state index contributed by atoms with van der Waals surface area (Å²) in [5, 5.41) is 11.8. The number of rotatable bonds is 8. The number of pyridine rings is 1. The zero-order chi connectivity index (χ0) is 19.9. The molecule has 3 aromatic rings. The Morgan fingerprint density at radius 3 is 2.64 bits per heavy atom. The third-order valence-electron chi connectivity index (χ3n) is 3.65. The molecule has 0 bridgehead atoms. The fraction of sp³-hybridized carbons (Fsp3) is 0.263. The molecule has 0 aliphatic carbocycles. The van der Waals surface area contributed by atoms with Gasteiger partial charge in [0.25, 0.3) is 5.91 Å². The lowest BCUT2D eigenvalue weighted by molar-refractivity contribution is -0.118. The summed E-state index contributed by atoms with van der Waals surface area (Å²) in [4.78, 5) is 16.5. The highest BCUT2D eigenvalue weighted by Crippen LogP contribution is 2.30. The van der Waals surface area contributed by atoms with Gasteiger partial charge >= 0.3 is 0 Å². The number of methoxy groups -OCH3 is 1. The number of ether oxygens (including phenoxy) is 2. The van der Waals surface area contributed by atoms with Crippen LogP contribution >= 0.6 is 23.1 Å². The lowest BCUT2D eigenvalue weighted by Gasteiger charge is -2.12. The van der Waals surface area contributed by atoms with Crippen LogP contribution in [0.1, 0.15) is 16.3 Å². The molecule has 9 heteroatoms. The summed E-state index contributed by atoms with van der Waals surface area (Å²) in [5.74, 6) is 1.32. The molecule has 2 aromatic heterocycles. The van der Waals surface area contributed by atoms with E-state index in [-0.39, 0.29) is 12.5 Å². The molecule has 0 radical (unpaired) electrons. The van der Waals surface area contributed by atoms with Gasteiger partial charge in [-0.3, -0.25) is 9.78 Å². The third kappa shape index (κ3) is 5.67. The summed E-state index contributed by atoms with van der Waals surface area (Å²) >= 11 is 3.09. The molecule has 28 heavy (non-hydrogen) atoms. The van der Waals surface area contributed by atoms with Crippen LogP contribution in [0.3, 0.4) is 0 Å². The first-order valence-corrected chi connectivity index (χ1v) is 10.3. The van der Waals surface area contributed by atoms with Crippen molar-refractivity contribution >= 4 is 34.7 Å². The molecule has 3 rings (SSSR count). The molecular formula is C19H20N4O3S2. The highest BCUT2D eigenvalue weighted by Gasteiger charge is 2.11. The Kier molecular flexibility index (Phi) is 6.83. The van der Waals surface area contributed by atoms with Crippen LogP contribution in [0.5, 0.6) is 11.5 Å². The number of thioether (sulfide) groups is 1. The second kappa shape index (κ2) is 9.52. The van der Waals surface area contributed by atoms with Crippen molar-refractivity contribution in [3.8, 4) is 11.5 Å². The van der Waals surface area contributed by atoms with Crippen molar-refractivity contribution in [1.82, 2.24) is 15.2 Å². The summed E-state index contributed by atoms with van der Waals surface area (Å²) in [7, 11) is 1.54. The van der Waals surface area contributed by atoms with Crippen LogP contribution in [0, 0.1) is 13.8 Å². The number of carbonyl (C=O) groups excluding carboxylic acids is 1. The number of aromatic nitrogens is 3. The maximum atomic E-state index is 12.2. The van der Waals surface area contributed by atoms with Crippen molar-refractivity contribution < 1.29 is 14.3 Å². The number of hydrogen-bond acceptors (Lipinski definition) is 8. The summed E-state index contributed by atoms with van der Waals surface area (Å²) < 4.78 is 11.8. The molecule has 0 aliphatic rings. The molecule has 0 spiro atoms. The van der Waals surface area contributed by atoms with Crippen molar-refractivity contribution in [2.45, 2.75) is 23.9 Å².